The van der Waals surface area contributed by atoms with Crippen LogP contribution in [0, 0.1) is 5.92 Å². The lowest BCUT2D eigenvalue weighted by Crippen LogP contribution is -2.30. The molecule has 1 aliphatic heterocycles. The number of H-pyrrole nitrogens is 1. The summed E-state index contributed by atoms with van der Waals surface area (Å²) >= 11 is 0. The maximum Gasteiger partial charge on any atom is 0.334 e. The van der Waals surface area contributed by atoms with Crippen molar-refractivity contribution in [3.05, 3.63) is 53.3 Å². The third kappa shape index (κ3) is 3.18. The van der Waals surface area contributed by atoms with E-state index in [-0.39, 0.29) is 11.6 Å². The van der Waals surface area contributed by atoms with Gasteiger partial charge in [-0.05, 0) is 43.9 Å². The summed E-state index contributed by atoms with van der Waals surface area (Å²) in [5.74, 6) is -0.117. The average molecular weight is 431 g/mol. The summed E-state index contributed by atoms with van der Waals surface area (Å²) in [6.45, 7) is 1.16. The minimum atomic E-state index is -0.564. The fourth-order valence-electron chi connectivity index (χ4n) is 4.84. The highest BCUT2D eigenvalue weighted by molar-refractivity contribution is 5.85. The van der Waals surface area contributed by atoms with Gasteiger partial charge in [-0.3, -0.25) is 4.57 Å². The Labute approximate surface area is 184 Å². The fourth-order valence-corrected chi connectivity index (χ4v) is 4.84. The number of aromatic nitrogens is 5. The zero-order chi connectivity index (χ0) is 21.7. The monoisotopic (exact) mass is 431 g/mol. The number of aliphatic hydroxyl groups is 1. The molecule has 4 aromatic heterocycles. The van der Waals surface area contributed by atoms with Gasteiger partial charge in [-0.25, -0.2) is 19.3 Å². The molecule has 5 heterocycles. The molecule has 4 aromatic rings. The molecule has 1 fully saturated rings. The predicted molar refractivity (Wildman–Crippen MR) is 122 cm³/mol. The number of ether oxygens (including phenoxy) is 1. The molecule has 2 atom stereocenters. The van der Waals surface area contributed by atoms with E-state index in [0.717, 1.165) is 59.1 Å². The molecule has 0 aromatic carbocycles. The van der Waals surface area contributed by atoms with Crippen LogP contribution in [0.4, 0.5) is 0 Å². The van der Waals surface area contributed by atoms with Crippen LogP contribution >= 0.6 is 0 Å². The lowest BCUT2D eigenvalue weighted by Gasteiger charge is -2.14. The predicted octanol–water partition coefficient (Wildman–Crippen LogP) is 3.16. The lowest BCUT2D eigenvalue weighted by molar-refractivity contribution is 0.115. The van der Waals surface area contributed by atoms with E-state index in [1.165, 1.54) is 0 Å². The molecule has 8 nitrogen and oxygen atoms in total. The molecule has 32 heavy (non-hydrogen) atoms. The summed E-state index contributed by atoms with van der Waals surface area (Å²) < 4.78 is 8.95. The molecular formula is C24H25N5O3. The first-order chi connectivity index (χ1) is 15.7. The SMILES string of the molecule is O=c1n(C[C@@H]2COC[C@@H]2O)c2cc(-c3cnc4[nH]ccc4c3)cnc2n1C1=CCCCC1. The second-order valence-corrected chi connectivity index (χ2v) is 8.74. The summed E-state index contributed by atoms with van der Waals surface area (Å²) in [5, 5.41) is 11.3. The van der Waals surface area contributed by atoms with E-state index in [1.807, 2.05) is 30.7 Å². The number of allylic oxidation sites excluding steroid dienone is 2. The highest BCUT2D eigenvalue weighted by atomic mass is 16.5. The average Bonchev–Trinajstić information content (AvgIpc) is 3.52. The molecular weight excluding hydrogens is 406 g/mol. The van der Waals surface area contributed by atoms with Gasteiger partial charge in [-0.2, -0.15) is 0 Å². The molecule has 164 valence electrons. The Bertz CT molecular complexity index is 1400. The number of nitrogens with one attached hydrogen (secondary N) is 1. The lowest BCUT2D eigenvalue weighted by atomic mass is 10.0. The minimum Gasteiger partial charge on any atom is -0.390 e. The first-order valence-corrected chi connectivity index (χ1v) is 11.2. The quantitative estimate of drug-likeness (QED) is 0.517. The summed E-state index contributed by atoms with van der Waals surface area (Å²) in [7, 11) is 0. The molecule has 2 aliphatic rings. The van der Waals surface area contributed by atoms with Crippen molar-refractivity contribution in [3.8, 4) is 11.1 Å². The molecule has 0 radical (unpaired) electrons. The van der Waals surface area contributed by atoms with Gasteiger partial charge in [0.05, 0.1) is 24.8 Å². The second kappa shape index (κ2) is 7.72. The highest BCUT2D eigenvalue weighted by Crippen LogP contribution is 2.29. The molecule has 0 spiro atoms. The van der Waals surface area contributed by atoms with Crippen molar-refractivity contribution in [2.45, 2.75) is 38.3 Å². The van der Waals surface area contributed by atoms with Crippen molar-refractivity contribution in [3.63, 3.8) is 0 Å². The highest BCUT2D eigenvalue weighted by Gasteiger charge is 2.29. The Hall–Kier alpha value is -3.23. The summed E-state index contributed by atoms with van der Waals surface area (Å²) in [4.78, 5) is 25.9. The Balaban J connectivity index is 1.52. The van der Waals surface area contributed by atoms with Crippen LogP contribution in [0.2, 0.25) is 0 Å². The van der Waals surface area contributed by atoms with Crippen LogP contribution in [0.1, 0.15) is 25.7 Å². The normalized spacial score (nSPS) is 21.5. The van der Waals surface area contributed by atoms with Gasteiger partial charge >= 0.3 is 5.69 Å². The van der Waals surface area contributed by atoms with Crippen molar-refractivity contribution in [1.29, 1.82) is 0 Å². The van der Waals surface area contributed by atoms with Crippen molar-refractivity contribution in [1.82, 2.24) is 24.1 Å². The van der Waals surface area contributed by atoms with Crippen LogP contribution in [0.25, 0.3) is 39.0 Å². The first kappa shape index (κ1) is 19.5. The number of fused-ring (bicyclic) bond motifs is 2. The fraction of sp³-hybridized carbons (Fsp3) is 0.375. The Morgan fingerprint density at radius 3 is 2.84 bits per heavy atom. The van der Waals surface area contributed by atoms with Gasteiger partial charge in [0.2, 0.25) is 0 Å². The second-order valence-electron chi connectivity index (χ2n) is 8.74. The van der Waals surface area contributed by atoms with Crippen LogP contribution in [-0.2, 0) is 11.3 Å². The standard InChI is InChI=1S/C24H25N5O3/c30-21-14-32-13-18(21)12-28-20-9-17(16-8-15-6-7-25-22(15)26-10-16)11-27-23(20)29(24(28)31)19-4-2-1-3-5-19/h4,6-11,18,21,30H,1-3,5,12-14H2,(H,25,26)/t18-,21+/m1/s1. The van der Waals surface area contributed by atoms with Gasteiger partial charge in [0, 0.05) is 53.3 Å². The largest absolute Gasteiger partial charge is 0.390 e. The molecule has 0 amide bonds. The van der Waals surface area contributed by atoms with Gasteiger partial charge in [0.1, 0.15) is 5.65 Å². The van der Waals surface area contributed by atoms with Gasteiger partial charge in [-0.15, -0.1) is 0 Å². The molecule has 0 bridgehead atoms. The maximum atomic E-state index is 13.6. The van der Waals surface area contributed by atoms with E-state index in [2.05, 4.69) is 22.1 Å². The van der Waals surface area contributed by atoms with Gasteiger partial charge in [0.15, 0.2) is 5.65 Å². The zero-order valence-corrected chi connectivity index (χ0v) is 17.7. The van der Waals surface area contributed by atoms with E-state index in [4.69, 9.17) is 9.72 Å². The number of hydrogen-bond acceptors (Lipinski definition) is 5. The topological polar surface area (TPSA) is 98.0 Å². The Morgan fingerprint density at radius 1 is 1.16 bits per heavy atom. The number of hydrogen-bond donors (Lipinski definition) is 2. The third-order valence-electron chi connectivity index (χ3n) is 6.64. The van der Waals surface area contributed by atoms with Crippen molar-refractivity contribution >= 4 is 27.9 Å². The van der Waals surface area contributed by atoms with Crippen LogP contribution < -0.4 is 5.69 Å². The van der Waals surface area contributed by atoms with Crippen LogP contribution in [0.3, 0.4) is 0 Å². The van der Waals surface area contributed by atoms with Gasteiger partial charge in [0.25, 0.3) is 0 Å². The number of pyridine rings is 2. The molecule has 1 saturated heterocycles. The summed E-state index contributed by atoms with van der Waals surface area (Å²) in [6.07, 6.45) is 11.2. The summed E-state index contributed by atoms with van der Waals surface area (Å²) in [5.41, 5.74) is 5.03. The van der Waals surface area contributed by atoms with Crippen molar-refractivity contribution in [2.24, 2.45) is 5.92 Å². The first-order valence-electron chi connectivity index (χ1n) is 11.2. The minimum absolute atomic E-state index is 0.101. The molecule has 0 saturated carbocycles. The van der Waals surface area contributed by atoms with Gasteiger partial charge in [-0.1, -0.05) is 6.08 Å². The maximum absolute atomic E-state index is 13.6. The van der Waals surface area contributed by atoms with E-state index in [0.29, 0.717) is 25.4 Å². The zero-order valence-electron chi connectivity index (χ0n) is 17.7. The van der Waals surface area contributed by atoms with Crippen molar-refractivity contribution < 1.29 is 9.84 Å². The Kier molecular flexibility index (Phi) is 4.69. The van der Waals surface area contributed by atoms with Crippen LogP contribution in [-0.4, -0.2) is 48.5 Å². The van der Waals surface area contributed by atoms with Crippen LogP contribution in [0.15, 0.2) is 47.7 Å². The number of nitrogens with zero attached hydrogens (tertiary/aromatic N) is 4. The third-order valence-corrected chi connectivity index (χ3v) is 6.64. The Morgan fingerprint density at radius 2 is 2.03 bits per heavy atom. The number of rotatable bonds is 4. The molecule has 6 rings (SSSR count). The molecule has 0 unspecified atom stereocenters. The van der Waals surface area contributed by atoms with E-state index < -0.39 is 6.10 Å². The molecule has 1 aliphatic carbocycles. The smallest absolute Gasteiger partial charge is 0.334 e. The summed E-state index contributed by atoms with van der Waals surface area (Å²) in [6, 6.07) is 6.07. The van der Waals surface area contributed by atoms with Gasteiger partial charge < -0.3 is 14.8 Å². The van der Waals surface area contributed by atoms with E-state index in [1.54, 1.807) is 9.13 Å². The van der Waals surface area contributed by atoms with Crippen LogP contribution in [0.5, 0.6) is 0 Å². The molecule has 2 N–H and O–H groups in total. The number of aliphatic hydroxyl groups excluding tert-OH is 1. The number of imidazole rings is 1. The molecule has 8 heteroatoms. The van der Waals surface area contributed by atoms with E-state index >= 15 is 0 Å². The van der Waals surface area contributed by atoms with Crippen molar-refractivity contribution in [2.75, 3.05) is 13.2 Å². The number of aromatic amines is 1. The van der Waals surface area contributed by atoms with E-state index in [9.17, 15) is 9.90 Å².